The van der Waals surface area contributed by atoms with Crippen LogP contribution in [0.4, 0.5) is 10.1 Å². The van der Waals surface area contributed by atoms with Gasteiger partial charge in [-0.25, -0.2) is 4.39 Å². The standard InChI is InChI=1S/C23H31FN4O3/c1-4-25-23(27-19-8-9-21(29-2)22(15-19)30-3)26-16-20(28-10-12-31-13-11-28)17-6-5-7-18(24)14-17/h5-9,14-15,20H,4,10-13,16H2,1-3H3,(H2,25,26,27). The van der Waals surface area contributed by atoms with E-state index in [0.717, 1.165) is 24.3 Å². The molecule has 3 rings (SSSR count). The normalized spacial score (nSPS) is 15.9. The van der Waals surface area contributed by atoms with Gasteiger partial charge in [0.05, 0.1) is 40.0 Å². The summed E-state index contributed by atoms with van der Waals surface area (Å²) >= 11 is 0. The van der Waals surface area contributed by atoms with Crippen LogP contribution in [0.25, 0.3) is 0 Å². The Bertz CT molecular complexity index is 872. The molecule has 0 amide bonds. The Hall–Kier alpha value is -2.84. The van der Waals surface area contributed by atoms with Crippen LogP contribution in [-0.2, 0) is 4.74 Å². The maximum absolute atomic E-state index is 13.9. The highest BCUT2D eigenvalue weighted by molar-refractivity contribution is 5.94. The monoisotopic (exact) mass is 430 g/mol. The molecule has 1 unspecified atom stereocenters. The predicted octanol–water partition coefficient (Wildman–Crippen LogP) is 3.29. The maximum Gasteiger partial charge on any atom is 0.195 e. The number of anilines is 1. The molecule has 31 heavy (non-hydrogen) atoms. The zero-order valence-electron chi connectivity index (χ0n) is 18.4. The molecular formula is C23H31FN4O3. The third-order valence-electron chi connectivity index (χ3n) is 5.13. The Labute approximate surface area is 183 Å². The third kappa shape index (κ3) is 6.32. The number of nitrogens with zero attached hydrogens (tertiary/aromatic N) is 2. The molecule has 1 saturated heterocycles. The SMILES string of the molecule is CCNC(=NCC(c1cccc(F)c1)N1CCOCC1)Nc1ccc(OC)c(OC)c1. The molecule has 1 aliphatic rings. The Morgan fingerprint density at radius 1 is 1.13 bits per heavy atom. The number of halogens is 1. The first kappa shape index (κ1) is 22.8. The Balaban J connectivity index is 1.81. The number of nitrogens with one attached hydrogen (secondary N) is 2. The largest absolute Gasteiger partial charge is 0.493 e. The fraction of sp³-hybridized carbons (Fsp3) is 0.435. The van der Waals surface area contributed by atoms with Crippen LogP contribution in [-0.4, -0.2) is 64.5 Å². The van der Waals surface area contributed by atoms with Crippen LogP contribution in [0.5, 0.6) is 11.5 Å². The van der Waals surface area contributed by atoms with E-state index in [0.29, 0.717) is 43.8 Å². The molecular weight excluding hydrogens is 399 g/mol. The van der Waals surface area contributed by atoms with Crippen LogP contribution >= 0.6 is 0 Å². The second-order valence-corrected chi connectivity index (χ2v) is 7.13. The topological polar surface area (TPSA) is 67.4 Å². The average Bonchev–Trinajstić information content (AvgIpc) is 2.80. The van der Waals surface area contributed by atoms with Gasteiger partial charge in [0, 0.05) is 31.4 Å². The summed E-state index contributed by atoms with van der Waals surface area (Å²) < 4.78 is 30.1. The summed E-state index contributed by atoms with van der Waals surface area (Å²) in [6.07, 6.45) is 0. The molecule has 2 aromatic rings. The van der Waals surface area contributed by atoms with Gasteiger partial charge in [-0.1, -0.05) is 12.1 Å². The number of benzene rings is 2. The van der Waals surface area contributed by atoms with E-state index in [4.69, 9.17) is 19.2 Å². The highest BCUT2D eigenvalue weighted by Gasteiger charge is 2.23. The van der Waals surface area contributed by atoms with Gasteiger partial charge >= 0.3 is 0 Å². The second-order valence-electron chi connectivity index (χ2n) is 7.13. The van der Waals surface area contributed by atoms with Gasteiger partial charge in [0.15, 0.2) is 17.5 Å². The first-order chi connectivity index (χ1) is 15.1. The van der Waals surface area contributed by atoms with E-state index in [1.807, 2.05) is 31.2 Å². The van der Waals surface area contributed by atoms with E-state index in [9.17, 15) is 4.39 Å². The predicted molar refractivity (Wildman–Crippen MR) is 121 cm³/mol. The molecule has 2 N–H and O–H groups in total. The van der Waals surface area contributed by atoms with Crippen LogP contribution < -0.4 is 20.1 Å². The summed E-state index contributed by atoms with van der Waals surface area (Å²) in [4.78, 5) is 7.10. The fourth-order valence-electron chi connectivity index (χ4n) is 3.57. The van der Waals surface area contributed by atoms with Gasteiger partial charge in [-0.2, -0.15) is 0 Å². The maximum atomic E-state index is 13.9. The molecule has 8 heteroatoms. The van der Waals surface area contributed by atoms with Gasteiger partial charge in [-0.3, -0.25) is 9.89 Å². The summed E-state index contributed by atoms with van der Waals surface area (Å²) in [6, 6.07) is 12.3. The van der Waals surface area contributed by atoms with E-state index >= 15 is 0 Å². The molecule has 0 spiro atoms. The quantitative estimate of drug-likeness (QED) is 0.495. The molecule has 0 aromatic heterocycles. The average molecular weight is 431 g/mol. The lowest BCUT2D eigenvalue weighted by atomic mass is 10.0. The number of hydrogen-bond acceptors (Lipinski definition) is 5. The number of guanidine groups is 1. The van der Waals surface area contributed by atoms with Gasteiger partial charge in [0.2, 0.25) is 0 Å². The number of hydrogen-bond donors (Lipinski definition) is 2. The van der Waals surface area contributed by atoms with Crippen molar-refractivity contribution in [3.8, 4) is 11.5 Å². The van der Waals surface area contributed by atoms with Crippen molar-refractivity contribution in [2.75, 3.05) is 58.9 Å². The third-order valence-corrected chi connectivity index (χ3v) is 5.13. The first-order valence-electron chi connectivity index (χ1n) is 10.5. The lowest BCUT2D eigenvalue weighted by Gasteiger charge is -2.34. The van der Waals surface area contributed by atoms with Gasteiger partial charge in [-0.15, -0.1) is 0 Å². The zero-order valence-corrected chi connectivity index (χ0v) is 18.4. The van der Waals surface area contributed by atoms with Gasteiger partial charge in [0.25, 0.3) is 0 Å². The van der Waals surface area contributed by atoms with Crippen molar-refractivity contribution in [1.29, 1.82) is 0 Å². The molecule has 168 valence electrons. The summed E-state index contributed by atoms with van der Waals surface area (Å²) in [6.45, 7) is 6.11. The van der Waals surface area contributed by atoms with E-state index in [2.05, 4.69) is 15.5 Å². The molecule has 1 atom stereocenters. The summed E-state index contributed by atoms with van der Waals surface area (Å²) in [7, 11) is 3.21. The van der Waals surface area contributed by atoms with Crippen molar-refractivity contribution in [1.82, 2.24) is 10.2 Å². The molecule has 1 heterocycles. The second kappa shape index (κ2) is 11.5. The van der Waals surface area contributed by atoms with Crippen LogP contribution in [0.1, 0.15) is 18.5 Å². The molecule has 0 radical (unpaired) electrons. The number of methoxy groups -OCH3 is 2. The van der Waals surface area contributed by atoms with Crippen molar-refractivity contribution < 1.29 is 18.6 Å². The minimum absolute atomic E-state index is 0.0412. The van der Waals surface area contributed by atoms with E-state index in [-0.39, 0.29) is 11.9 Å². The number of ether oxygens (including phenoxy) is 3. The number of aliphatic imine (C=N–C) groups is 1. The molecule has 2 aromatic carbocycles. The molecule has 0 saturated carbocycles. The summed E-state index contributed by atoms with van der Waals surface area (Å²) in [5.74, 6) is 1.70. The highest BCUT2D eigenvalue weighted by Crippen LogP contribution is 2.30. The Kier molecular flexibility index (Phi) is 8.49. The molecule has 1 aliphatic heterocycles. The van der Waals surface area contributed by atoms with Crippen LogP contribution in [0.2, 0.25) is 0 Å². The van der Waals surface area contributed by atoms with E-state index < -0.39 is 0 Å². The van der Waals surface area contributed by atoms with E-state index in [1.54, 1.807) is 26.4 Å². The number of rotatable bonds is 8. The van der Waals surface area contributed by atoms with Crippen LogP contribution in [0, 0.1) is 5.82 Å². The smallest absolute Gasteiger partial charge is 0.195 e. The minimum atomic E-state index is -0.241. The van der Waals surface area contributed by atoms with Gasteiger partial charge < -0.3 is 24.8 Å². The Morgan fingerprint density at radius 3 is 2.58 bits per heavy atom. The van der Waals surface area contributed by atoms with E-state index in [1.165, 1.54) is 6.07 Å². The van der Waals surface area contributed by atoms with Crippen molar-refractivity contribution in [3.63, 3.8) is 0 Å². The zero-order chi connectivity index (χ0) is 22.1. The lowest BCUT2D eigenvalue weighted by molar-refractivity contribution is 0.0179. The molecule has 0 bridgehead atoms. The molecule has 1 fully saturated rings. The molecule has 0 aliphatic carbocycles. The van der Waals surface area contributed by atoms with Crippen molar-refractivity contribution in [2.24, 2.45) is 4.99 Å². The first-order valence-corrected chi connectivity index (χ1v) is 10.5. The summed E-state index contributed by atoms with van der Waals surface area (Å²) in [5.41, 5.74) is 1.73. The lowest BCUT2D eigenvalue weighted by Crippen LogP contribution is -2.41. The van der Waals surface area contributed by atoms with Gasteiger partial charge in [-0.05, 0) is 36.8 Å². The van der Waals surface area contributed by atoms with Crippen molar-refractivity contribution >= 4 is 11.6 Å². The van der Waals surface area contributed by atoms with Crippen molar-refractivity contribution in [3.05, 3.63) is 53.8 Å². The van der Waals surface area contributed by atoms with Gasteiger partial charge in [0.1, 0.15) is 5.82 Å². The highest BCUT2D eigenvalue weighted by atomic mass is 19.1. The minimum Gasteiger partial charge on any atom is -0.493 e. The molecule has 7 nitrogen and oxygen atoms in total. The van der Waals surface area contributed by atoms with Crippen LogP contribution in [0.3, 0.4) is 0 Å². The Morgan fingerprint density at radius 2 is 1.90 bits per heavy atom. The number of morpholine rings is 1. The summed E-state index contributed by atoms with van der Waals surface area (Å²) in [5, 5.41) is 6.58. The van der Waals surface area contributed by atoms with Crippen molar-refractivity contribution in [2.45, 2.75) is 13.0 Å². The fourth-order valence-corrected chi connectivity index (χ4v) is 3.57. The van der Waals surface area contributed by atoms with Crippen LogP contribution in [0.15, 0.2) is 47.5 Å².